The smallest absolute Gasteiger partial charge is 0.126 e. The molecular formula is C18H24N4OS. The molecule has 2 aliphatic heterocycles. The van der Waals surface area contributed by atoms with Crippen LogP contribution in [-0.2, 0) is 11.3 Å². The third kappa shape index (κ3) is 3.61. The largest absolute Gasteiger partial charge is 0.371 e. The second-order valence-corrected chi connectivity index (χ2v) is 7.99. The number of aromatic nitrogens is 2. The number of anilines is 1. The van der Waals surface area contributed by atoms with E-state index in [9.17, 15) is 0 Å². The number of piperidine rings is 1. The van der Waals surface area contributed by atoms with Gasteiger partial charge in [-0.3, -0.25) is 4.90 Å². The van der Waals surface area contributed by atoms with Crippen molar-refractivity contribution in [3.8, 4) is 0 Å². The normalized spacial score (nSPS) is 27.6. The number of likely N-dealkylation sites (tertiary alicyclic amines) is 1. The van der Waals surface area contributed by atoms with Crippen molar-refractivity contribution in [2.75, 3.05) is 25.0 Å². The first kappa shape index (κ1) is 16.0. The Morgan fingerprint density at radius 3 is 3.21 bits per heavy atom. The lowest BCUT2D eigenvalue weighted by Gasteiger charge is -2.39. The predicted molar refractivity (Wildman–Crippen MR) is 96.3 cm³/mol. The molecule has 6 heteroatoms. The molecule has 0 bridgehead atoms. The summed E-state index contributed by atoms with van der Waals surface area (Å²) in [5.74, 6) is 0.939. The van der Waals surface area contributed by atoms with Crippen LogP contribution in [0.15, 0.2) is 29.8 Å². The van der Waals surface area contributed by atoms with Crippen molar-refractivity contribution < 1.29 is 4.74 Å². The van der Waals surface area contributed by atoms with E-state index in [4.69, 9.17) is 4.74 Å². The third-order valence-corrected chi connectivity index (χ3v) is 5.72. The second kappa shape index (κ2) is 6.78. The Balaban J connectivity index is 1.36. The van der Waals surface area contributed by atoms with Crippen LogP contribution in [0.5, 0.6) is 0 Å². The first-order chi connectivity index (χ1) is 11.7. The van der Waals surface area contributed by atoms with Crippen molar-refractivity contribution in [3.63, 3.8) is 0 Å². The summed E-state index contributed by atoms with van der Waals surface area (Å²) in [5, 5.41) is 6.84. The van der Waals surface area contributed by atoms with Crippen LogP contribution in [-0.4, -0.2) is 46.2 Å². The molecule has 0 aliphatic carbocycles. The summed E-state index contributed by atoms with van der Waals surface area (Å²) in [6.45, 7) is 5.91. The fraction of sp³-hybridized carbons (Fsp3) is 0.556. The van der Waals surface area contributed by atoms with Gasteiger partial charge in [-0.15, -0.1) is 11.3 Å². The van der Waals surface area contributed by atoms with E-state index in [1.807, 2.05) is 24.4 Å². The Hall–Kier alpha value is -1.50. The molecule has 2 aromatic rings. The molecule has 24 heavy (non-hydrogen) atoms. The lowest BCUT2D eigenvalue weighted by Crippen LogP contribution is -2.47. The first-order valence-electron chi connectivity index (χ1n) is 8.66. The summed E-state index contributed by atoms with van der Waals surface area (Å²) in [4.78, 5) is 11.5. The van der Waals surface area contributed by atoms with Crippen LogP contribution in [0.3, 0.4) is 0 Å². The average Bonchev–Trinajstić information content (AvgIpc) is 3.15. The number of aryl methyl sites for hydroxylation is 1. The molecule has 5 nitrogen and oxygen atoms in total. The van der Waals surface area contributed by atoms with Crippen LogP contribution in [0.4, 0.5) is 5.82 Å². The molecule has 2 aromatic heterocycles. The molecule has 4 heterocycles. The average molecular weight is 344 g/mol. The number of nitrogens with one attached hydrogen (secondary N) is 1. The Kier molecular flexibility index (Phi) is 4.52. The van der Waals surface area contributed by atoms with Gasteiger partial charge >= 0.3 is 0 Å². The minimum absolute atomic E-state index is 0.00420. The number of ether oxygens (including phenoxy) is 1. The SMILES string of the molecule is Cc1nc(CN2CCC[C@]3(C[C@@H](Nc4ccccn4)CO3)C2)cs1. The van der Waals surface area contributed by atoms with Gasteiger partial charge in [-0.25, -0.2) is 9.97 Å². The zero-order chi connectivity index (χ0) is 16.4. The molecule has 0 radical (unpaired) electrons. The van der Waals surface area contributed by atoms with Gasteiger partial charge in [-0.05, 0) is 38.4 Å². The quantitative estimate of drug-likeness (QED) is 0.924. The topological polar surface area (TPSA) is 50.3 Å². The van der Waals surface area contributed by atoms with Crippen LogP contribution in [0.2, 0.25) is 0 Å². The van der Waals surface area contributed by atoms with Crippen molar-refractivity contribution >= 4 is 17.2 Å². The molecular weight excluding hydrogens is 320 g/mol. The molecule has 2 saturated heterocycles. The van der Waals surface area contributed by atoms with Gasteiger partial charge in [0, 0.05) is 31.1 Å². The highest BCUT2D eigenvalue weighted by Crippen LogP contribution is 2.36. The zero-order valence-electron chi connectivity index (χ0n) is 14.1. The van der Waals surface area contributed by atoms with Gasteiger partial charge < -0.3 is 10.1 Å². The summed E-state index contributed by atoms with van der Waals surface area (Å²) < 4.78 is 6.29. The highest BCUT2D eigenvalue weighted by atomic mass is 32.1. The lowest BCUT2D eigenvalue weighted by molar-refractivity contribution is -0.0535. The summed E-state index contributed by atoms with van der Waals surface area (Å²) >= 11 is 1.73. The fourth-order valence-electron chi connectivity index (χ4n) is 3.91. The Labute approximate surface area is 147 Å². The number of rotatable bonds is 4. The molecule has 0 saturated carbocycles. The van der Waals surface area contributed by atoms with E-state index in [0.717, 1.165) is 49.9 Å². The van der Waals surface area contributed by atoms with Gasteiger partial charge in [-0.2, -0.15) is 0 Å². The maximum absolute atomic E-state index is 6.29. The number of nitrogens with zero attached hydrogens (tertiary/aromatic N) is 3. The molecule has 2 fully saturated rings. The third-order valence-electron chi connectivity index (χ3n) is 4.90. The highest BCUT2D eigenvalue weighted by Gasteiger charge is 2.43. The van der Waals surface area contributed by atoms with Crippen molar-refractivity contribution in [1.82, 2.24) is 14.9 Å². The van der Waals surface area contributed by atoms with Gasteiger partial charge in [-0.1, -0.05) is 6.07 Å². The molecule has 0 aromatic carbocycles. The maximum atomic E-state index is 6.29. The fourth-order valence-corrected chi connectivity index (χ4v) is 4.52. The van der Waals surface area contributed by atoms with Gasteiger partial charge in [0.1, 0.15) is 5.82 Å². The Bertz CT molecular complexity index is 677. The predicted octanol–water partition coefficient (Wildman–Crippen LogP) is 3.08. The van der Waals surface area contributed by atoms with E-state index < -0.39 is 0 Å². The Morgan fingerprint density at radius 1 is 1.46 bits per heavy atom. The first-order valence-corrected chi connectivity index (χ1v) is 9.54. The van der Waals surface area contributed by atoms with E-state index in [0.29, 0.717) is 6.04 Å². The summed E-state index contributed by atoms with van der Waals surface area (Å²) in [7, 11) is 0. The van der Waals surface area contributed by atoms with Crippen molar-refractivity contribution in [2.45, 2.75) is 44.4 Å². The van der Waals surface area contributed by atoms with Gasteiger partial charge in [0.05, 0.1) is 29.0 Å². The van der Waals surface area contributed by atoms with E-state index in [1.54, 1.807) is 11.3 Å². The maximum Gasteiger partial charge on any atom is 0.126 e. The van der Waals surface area contributed by atoms with Gasteiger partial charge in [0.15, 0.2) is 0 Å². The van der Waals surface area contributed by atoms with E-state index in [1.165, 1.54) is 12.1 Å². The minimum Gasteiger partial charge on any atom is -0.371 e. The minimum atomic E-state index is -0.00420. The molecule has 0 amide bonds. The van der Waals surface area contributed by atoms with Crippen molar-refractivity contribution in [3.05, 3.63) is 40.5 Å². The van der Waals surface area contributed by atoms with Gasteiger partial charge in [0.2, 0.25) is 0 Å². The standard InChI is InChI=1S/C18H24N4OS/c1-14-20-16(12-24-14)10-22-8-4-6-18(13-22)9-15(11-23-18)21-17-5-2-3-7-19-17/h2-3,5,7,12,15H,4,6,8-11,13H2,1H3,(H,19,21)/t15-,18+/m1/s1. The van der Waals surface area contributed by atoms with Crippen LogP contribution < -0.4 is 5.32 Å². The number of hydrogen-bond acceptors (Lipinski definition) is 6. The summed E-state index contributed by atoms with van der Waals surface area (Å²) in [6, 6.07) is 6.32. The second-order valence-electron chi connectivity index (χ2n) is 6.93. The number of thiazole rings is 1. The van der Waals surface area contributed by atoms with Crippen LogP contribution >= 0.6 is 11.3 Å². The highest BCUT2D eigenvalue weighted by molar-refractivity contribution is 7.09. The van der Waals surface area contributed by atoms with E-state index in [2.05, 4.69) is 32.5 Å². The van der Waals surface area contributed by atoms with Crippen LogP contribution in [0.1, 0.15) is 30.0 Å². The van der Waals surface area contributed by atoms with E-state index in [-0.39, 0.29) is 5.60 Å². The van der Waals surface area contributed by atoms with Crippen LogP contribution in [0.25, 0.3) is 0 Å². The summed E-state index contributed by atoms with van der Waals surface area (Å²) in [5.41, 5.74) is 1.19. The van der Waals surface area contributed by atoms with Crippen molar-refractivity contribution in [1.29, 1.82) is 0 Å². The zero-order valence-corrected chi connectivity index (χ0v) is 14.9. The molecule has 1 spiro atoms. The molecule has 128 valence electrons. The monoisotopic (exact) mass is 344 g/mol. The number of hydrogen-bond donors (Lipinski definition) is 1. The van der Waals surface area contributed by atoms with E-state index >= 15 is 0 Å². The summed E-state index contributed by atoms with van der Waals surface area (Å²) in [6.07, 6.45) is 5.22. The molecule has 2 atom stereocenters. The molecule has 4 rings (SSSR count). The molecule has 2 aliphatic rings. The lowest BCUT2D eigenvalue weighted by atomic mass is 9.88. The van der Waals surface area contributed by atoms with Crippen LogP contribution in [0, 0.1) is 6.92 Å². The molecule has 1 N–H and O–H groups in total. The van der Waals surface area contributed by atoms with Gasteiger partial charge in [0.25, 0.3) is 0 Å². The molecule has 0 unspecified atom stereocenters. The Morgan fingerprint density at radius 2 is 2.42 bits per heavy atom. The van der Waals surface area contributed by atoms with Crippen molar-refractivity contribution in [2.24, 2.45) is 0 Å². The number of pyridine rings is 1.